The Bertz CT molecular complexity index is 349. The first-order valence-corrected chi connectivity index (χ1v) is 7.01. The lowest BCUT2D eigenvalue weighted by atomic mass is 9.88. The molecule has 0 aliphatic carbocycles. The molecule has 2 atom stereocenters. The van der Waals surface area contributed by atoms with Crippen LogP contribution in [0.1, 0.15) is 52.0 Å². The van der Waals surface area contributed by atoms with E-state index in [1.54, 1.807) is 6.07 Å². The molecule has 0 saturated carbocycles. The average molecular weight is 251 g/mol. The fourth-order valence-electron chi connectivity index (χ4n) is 2.13. The zero-order chi connectivity index (χ0) is 13.5. The maximum atomic E-state index is 13.3. The van der Waals surface area contributed by atoms with Crippen LogP contribution in [0.25, 0.3) is 0 Å². The Morgan fingerprint density at radius 3 is 2.50 bits per heavy atom. The molecule has 1 nitrogen and oxygen atoms in total. The van der Waals surface area contributed by atoms with Crippen molar-refractivity contribution in [2.24, 2.45) is 5.92 Å². The van der Waals surface area contributed by atoms with E-state index in [0.29, 0.717) is 17.9 Å². The van der Waals surface area contributed by atoms with Gasteiger partial charge in [0.2, 0.25) is 0 Å². The first-order chi connectivity index (χ1) is 8.52. The van der Waals surface area contributed by atoms with Gasteiger partial charge in [-0.15, -0.1) is 0 Å². The molecule has 0 radical (unpaired) electrons. The largest absolute Gasteiger partial charge is 0.314 e. The summed E-state index contributed by atoms with van der Waals surface area (Å²) >= 11 is 0. The summed E-state index contributed by atoms with van der Waals surface area (Å²) in [6, 6.07) is 7.51. The van der Waals surface area contributed by atoms with Crippen molar-refractivity contribution < 1.29 is 4.39 Å². The number of benzene rings is 1. The first-order valence-electron chi connectivity index (χ1n) is 7.01. The second kappa shape index (κ2) is 7.52. The summed E-state index contributed by atoms with van der Waals surface area (Å²) in [7, 11) is 0. The van der Waals surface area contributed by atoms with Crippen LogP contribution in [0.2, 0.25) is 0 Å². The molecule has 0 saturated heterocycles. The van der Waals surface area contributed by atoms with Crippen molar-refractivity contribution >= 4 is 0 Å². The zero-order valence-electron chi connectivity index (χ0n) is 12.0. The Labute approximate surface area is 111 Å². The number of hydrogen-bond acceptors (Lipinski definition) is 1. The Morgan fingerprint density at radius 1 is 1.22 bits per heavy atom. The third-order valence-corrected chi connectivity index (χ3v) is 3.48. The van der Waals surface area contributed by atoms with Gasteiger partial charge in [-0.3, -0.25) is 0 Å². The van der Waals surface area contributed by atoms with E-state index in [1.807, 2.05) is 12.1 Å². The van der Waals surface area contributed by atoms with Crippen molar-refractivity contribution in [1.82, 2.24) is 5.32 Å². The van der Waals surface area contributed by atoms with Gasteiger partial charge in [0.25, 0.3) is 0 Å². The van der Waals surface area contributed by atoms with Crippen LogP contribution in [0.3, 0.4) is 0 Å². The minimum Gasteiger partial charge on any atom is -0.314 e. The maximum Gasteiger partial charge on any atom is 0.123 e. The molecule has 1 rings (SSSR count). The van der Waals surface area contributed by atoms with E-state index >= 15 is 0 Å². The number of halogens is 1. The highest BCUT2D eigenvalue weighted by Gasteiger charge is 2.15. The van der Waals surface area contributed by atoms with E-state index < -0.39 is 0 Å². The standard InChI is InChI=1S/C16H26FN/c1-5-13(4)9-15(11-18-12(2)3)14-7-6-8-16(17)10-14/h6-8,10,12-13,15,18H,5,9,11H2,1-4H3. The lowest BCUT2D eigenvalue weighted by Crippen LogP contribution is -2.28. The molecule has 2 heteroatoms. The van der Waals surface area contributed by atoms with E-state index in [1.165, 1.54) is 12.5 Å². The zero-order valence-corrected chi connectivity index (χ0v) is 12.0. The molecule has 0 bridgehead atoms. The van der Waals surface area contributed by atoms with Crippen LogP contribution < -0.4 is 5.32 Å². The summed E-state index contributed by atoms with van der Waals surface area (Å²) < 4.78 is 13.3. The molecule has 18 heavy (non-hydrogen) atoms. The van der Waals surface area contributed by atoms with Crippen molar-refractivity contribution in [3.8, 4) is 0 Å². The second-order valence-corrected chi connectivity index (χ2v) is 5.56. The normalized spacial score (nSPS) is 14.8. The van der Waals surface area contributed by atoms with E-state index in [4.69, 9.17) is 0 Å². The van der Waals surface area contributed by atoms with Crippen molar-refractivity contribution in [1.29, 1.82) is 0 Å². The average Bonchev–Trinajstić information content (AvgIpc) is 2.33. The lowest BCUT2D eigenvalue weighted by molar-refractivity contribution is 0.423. The van der Waals surface area contributed by atoms with Gasteiger partial charge in [-0.2, -0.15) is 0 Å². The molecule has 0 spiro atoms. The summed E-state index contributed by atoms with van der Waals surface area (Å²) in [5, 5.41) is 3.47. The third-order valence-electron chi connectivity index (χ3n) is 3.48. The second-order valence-electron chi connectivity index (χ2n) is 5.56. The number of hydrogen-bond donors (Lipinski definition) is 1. The summed E-state index contributed by atoms with van der Waals surface area (Å²) in [6.45, 7) is 9.69. The Morgan fingerprint density at radius 2 is 1.94 bits per heavy atom. The molecule has 102 valence electrons. The minimum absolute atomic E-state index is 0.133. The molecular weight excluding hydrogens is 225 g/mol. The Hall–Kier alpha value is -0.890. The summed E-state index contributed by atoms with van der Waals surface area (Å²) in [5.74, 6) is 0.941. The number of rotatable bonds is 7. The molecule has 0 aliphatic rings. The minimum atomic E-state index is -0.133. The van der Waals surface area contributed by atoms with Gasteiger partial charge in [-0.1, -0.05) is 46.2 Å². The maximum absolute atomic E-state index is 13.3. The van der Waals surface area contributed by atoms with Gasteiger partial charge in [0, 0.05) is 12.6 Å². The van der Waals surface area contributed by atoms with Crippen molar-refractivity contribution in [2.75, 3.05) is 6.54 Å². The summed E-state index contributed by atoms with van der Waals surface area (Å²) in [4.78, 5) is 0. The van der Waals surface area contributed by atoms with Gasteiger partial charge in [0.15, 0.2) is 0 Å². The van der Waals surface area contributed by atoms with Crippen molar-refractivity contribution in [3.63, 3.8) is 0 Å². The van der Waals surface area contributed by atoms with Crippen molar-refractivity contribution in [3.05, 3.63) is 35.6 Å². The Balaban J connectivity index is 2.75. The van der Waals surface area contributed by atoms with Gasteiger partial charge in [-0.25, -0.2) is 4.39 Å². The molecule has 0 aliphatic heterocycles. The van der Waals surface area contributed by atoms with Crippen LogP contribution >= 0.6 is 0 Å². The predicted octanol–water partition coefficient (Wildman–Crippen LogP) is 4.34. The molecule has 0 fully saturated rings. The molecule has 2 unspecified atom stereocenters. The van der Waals surface area contributed by atoms with Crippen LogP contribution in [0.4, 0.5) is 4.39 Å². The highest BCUT2D eigenvalue weighted by molar-refractivity contribution is 5.21. The smallest absolute Gasteiger partial charge is 0.123 e. The van der Waals surface area contributed by atoms with E-state index in [0.717, 1.165) is 18.5 Å². The van der Waals surface area contributed by atoms with Crippen LogP contribution in [0, 0.1) is 11.7 Å². The lowest BCUT2D eigenvalue weighted by Gasteiger charge is -2.22. The molecule has 1 N–H and O–H groups in total. The predicted molar refractivity (Wildman–Crippen MR) is 76.4 cm³/mol. The SMILES string of the molecule is CCC(C)CC(CNC(C)C)c1cccc(F)c1. The first kappa shape index (κ1) is 15.2. The molecule has 0 aromatic heterocycles. The van der Waals surface area contributed by atoms with Crippen LogP contribution in [0.5, 0.6) is 0 Å². The number of nitrogens with one attached hydrogen (secondary N) is 1. The topological polar surface area (TPSA) is 12.0 Å². The summed E-state index contributed by atoms with van der Waals surface area (Å²) in [6.07, 6.45) is 2.28. The van der Waals surface area contributed by atoms with Crippen LogP contribution in [-0.2, 0) is 0 Å². The molecule has 1 aromatic rings. The highest BCUT2D eigenvalue weighted by atomic mass is 19.1. The fraction of sp³-hybridized carbons (Fsp3) is 0.625. The quantitative estimate of drug-likeness (QED) is 0.760. The van der Waals surface area contributed by atoms with E-state index in [-0.39, 0.29) is 5.82 Å². The highest BCUT2D eigenvalue weighted by Crippen LogP contribution is 2.25. The van der Waals surface area contributed by atoms with E-state index in [2.05, 4.69) is 33.0 Å². The van der Waals surface area contributed by atoms with Crippen LogP contribution in [-0.4, -0.2) is 12.6 Å². The Kier molecular flexibility index (Phi) is 6.34. The van der Waals surface area contributed by atoms with Crippen LogP contribution in [0.15, 0.2) is 24.3 Å². The summed E-state index contributed by atoms with van der Waals surface area (Å²) in [5.41, 5.74) is 1.11. The van der Waals surface area contributed by atoms with Gasteiger partial charge < -0.3 is 5.32 Å². The molecule has 1 aromatic carbocycles. The molecule has 0 heterocycles. The van der Waals surface area contributed by atoms with Crippen molar-refractivity contribution in [2.45, 2.75) is 52.5 Å². The van der Waals surface area contributed by atoms with Gasteiger partial charge in [0.1, 0.15) is 5.82 Å². The van der Waals surface area contributed by atoms with Gasteiger partial charge >= 0.3 is 0 Å². The monoisotopic (exact) mass is 251 g/mol. The fourth-order valence-corrected chi connectivity index (χ4v) is 2.13. The third kappa shape index (κ3) is 5.18. The van der Waals surface area contributed by atoms with E-state index in [9.17, 15) is 4.39 Å². The molecule has 0 amide bonds. The molecular formula is C16H26FN. The van der Waals surface area contributed by atoms with Gasteiger partial charge in [0.05, 0.1) is 0 Å². The van der Waals surface area contributed by atoms with Gasteiger partial charge in [-0.05, 0) is 36.0 Å².